The lowest BCUT2D eigenvalue weighted by Crippen LogP contribution is -2.53. The molecular formula is C96H156O8. The van der Waals surface area contributed by atoms with Crippen LogP contribution in [0.2, 0.25) is 0 Å². The van der Waals surface area contributed by atoms with Crippen LogP contribution in [0, 0.1) is 362 Å². The SMILES string of the molecule is C#CC#CC#CC#CC#CC#CC#CC#CC#CC#CC.C#CC#CC#CC#CC#CC#CC#CC#CC#CC#CC#CC#CC#CC.CC(=O)[C@H]1CCC2C3CC=C4C[C@@H](O)CC[C@]4(C)C3CC[C@@]21C.CCCCCC[C@](C)(O)[C@H]1CCC2C3CC=C4C[C@@H](O)CC[C@]4(C)C3CC[C@@]21C.O=O.O=O.[HH].[HH].[HH].[HH].[HH].[HH].[HH].[HH].[HH].[HH].[HH].[HH].[HH].[HH].[HH].[HH].[HH].[HH].[HH].[HH].[HH].[HH].[HH].[HH].[HH].[HH].[HH].[HH].[HH].[HH].[HH].[HH].[HH].[HH].[HH]. The summed E-state index contributed by atoms with van der Waals surface area (Å²) in [5, 5.41) is 31.8. The molecule has 0 aromatic carbocycles. The van der Waals surface area contributed by atoms with Crippen molar-refractivity contribution < 1.29 is 70.0 Å². The fourth-order valence-corrected chi connectivity index (χ4v) is 17.4. The van der Waals surface area contributed by atoms with E-state index in [0.717, 1.165) is 80.5 Å². The van der Waals surface area contributed by atoms with E-state index in [-0.39, 0.29) is 67.6 Å². The van der Waals surface area contributed by atoms with E-state index in [9.17, 15) is 20.1 Å². The zero-order valence-corrected chi connectivity index (χ0v) is 61.3. The topological polar surface area (TPSA) is 146 Å². The maximum absolute atomic E-state index is 12.2. The van der Waals surface area contributed by atoms with E-state index in [1.54, 1.807) is 25.0 Å². The summed E-state index contributed by atoms with van der Waals surface area (Å²) < 4.78 is 0. The van der Waals surface area contributed by atoms with Gasteiger partial charge in [-0.15, -0.1) is 12.8 Å². The van der Waals surface area contributed by atoms with Crippen molar-refractivity contribution in [3.05, 3.63) is 43.2 Å². The Kier molecular flexibility index (Phi) is 39.9. The van der Waals surface area contributed by atoms with E-state index in [4.69, 9.17) is 32.7 Å². The molecule has 0 amide bonds. The van der Waals surface area contributed by atoms with Gasteiger partial charge in [-0.3, -0.25) is 4.79 Å². The number of aliphatic hydroxyl groups excluding tert-OH is 2. The Bertz CT molecular complexity index is 4870. The second-order valence-electron chi connectivity index (χ2n) is 27.2. The number of allylic oxidation sites excluding steroid dienone is 2. The minimum absolute atomic E-state index is 0. The molecule has 15 atom stereocenters. The predicted molar refractivity (Wildman–Crippen MR) is 492 cm³/mol. The number of fused-ring (bicyclic) bond motifs is 10. The molecule has 6 unspecified atom stereocenters. The van der Waals surface area contributed by atoms with Crippen molar-refractivity contribution in [2.24, 2.45) is 69.0 Å². The van der Waals surface area contributed by atoms with Crippen LogP contribution < -0.4 is 0 Å². The molecule has 104 heavy (non-hydrogen) atoms. The predicted octanol–water partition coefficient (Wildman–Crippen LogP) is 21.3. The maximum Gasteiger partial charge on any atom is 0.133 e. The molecule has 0 aliphatic heterocycles. The van der Waals surface area contributed by atoms with Crippen LogP contribution in [-0.4, -0.2) is 38.9 Å². The molecule has 0 saturated heterocycles. The molecule has 0 spiro atoms. The summed E-state index contributed by atoms with van der Waals surface area (Å²) in [6, 6.07) is 0. The highest BCUT2D eigenvalue weighted by Gasteiger charge is 2.62. The number of terminal acetylenes is 2. The molecule has 0 aromatic heterocycles. The average Bonchev–Trinajstić information content (AvgIpc) is 1.62. The van der Waals surface area contributed by atoms with Gasteiger partial charge < -0.3 is 15.3 Å². The Morgan fingerprint density at radius 3 is 1.06 bits per heavy atom. The quantitative estimate of drug-likeness (QED) is 0.130. The average molecular weight is 1440 g/mol. The van der Waals surface area contributed by atoms with Gasteiger partial charge in [0.2, 0.25) is 0 Å². The summed E-state index contributed by atoms with van der Waals surface area (Å²) in [5.41, 5.74) is 3.82. The molecule has 6 fully saturated rings. The first kappa shape index (κ1) is 86.3. The van der Waals surface area contributed by atoms with Gasteiger partial charge in [-0.25, -0.2) is 0 Å². The van der Waals surface area contributed by atoms with Gasteiger partial charge in [0.25, 0.3) is 0 Å². The molecule has 0 radical (unpaired) electrons. The number of carbonyl (C=O) groups is 1. The number of aliphatic hydroxyl groups is 3. The van der Waals surface area contributed by atoms with Gasteiger partial charge in [0.1, 0.15) is 5.78 Å². The summed E-state index contributed by atoms with van der Waals surface area (Å²) in [6.45, 7) is 19.6. The summed E-state index contributed by atoms with van der Waals surface area (Å²) >= 11 is 0. The highest BCUT2D eigenvalue weighted by atomic mass is 16.7. The first-order valence-corrected chi connectivity index (χ1v) is 35.0. The van der Waals surface area contributed by atoms with Crippen LogP contribution in [0.5, 0.6) is 0 Å². The number of unbranched alkanes of at least 4 members (excludes halogenated alkanes) is 3. The molecule has 8 rings (SSSR count). The van der Waals surface area contributed by atoms with Crippen molar-refractivity contribution in [2.75, 3.05) is 0 Å². The standard InChI is InChI=1S/C27H46O2.C27H4.C21H32O2.C21H4.2O2.35H2/c1-5-6-7-8-15-27(4,29)24-12-11-22-21-10-9-19-18-20(28)13-16-25(19,2)23(21)14-17-26(22,24)3;1-3-5-7-9-11-13-15-17-19-21-23-25-27-26-24-22-20-18-16-14-12-10-8-6-4-2;1-13(22)17-6-7-18-16-5-4-14-12-15(23)8-10-20(14,2)19(16)9-11-21(17,18)3;1-3-5-7-9-11-13-15-17-19-21-20-18-16-14-12-10-8-6-4-2;2*1-2;;;;;;;;;;;;;;;;;;;;;;;;;;;;;;;;;;;/h9,20-24,28-29H,5-8,10-18H2,1-4H3;1H,2H3;4,15-19,23H,5-12H2,1-3H3;1H,2H3;;;35*1H/t20-,21?,22?,23?,24-,25-,26-,27-;;15-,16?,17+,18?,19?,20-,21+;;;;;;;;;;;;;;;;;;;;;;;;;;;;;;;;;;;;;;/m0.0....................................../s1. The molecule has 588 valence electrons. The fourth-order valence-electron chi connectivity index (χ4n) is 17.4. The lowest BCUT2D eigenvalue weighted by molar-refractivity contribution is -0.127. The highest BCUT2D eigenvalue weighted by Crippen LogP contribution is 2.69. The van der Waals surface area contributed by atoms with Crippen molar-refractivity contribution in [3.8, 4) is 273 Å². The Morgan fingerprint density at radius 2 is 0.740 bits per heavy atom. The van der Waals surface area contributed by atoms with Crippen molar-refractivity contribution in [2.45, 2.75) is 215 Å². The normalized spacial score (nSPS) is 26.3. The first-order valence-electron chi connectivity index (χ1n) is 35.0. The van der Waals surface area contributed by atoms with E-state index >= 15 is 0 Å². The molecule has 6 saturated carbocycles. The molecule has 3 N–H and O–H groups in total. The minimum atomic E-state index is -0.501. The van der Waals surface area contributed by atoms with Gasteiger partial charge in [0, 0.05) is 135 Å². The van der Waals surface area contributed by atoms with E-state index in [2.05, 4.69) is 314 Å². The van der Waals surface area contributed by atoms with E-state index in [0.29, 0.717) is 33.9 Å². The summed E-state index contributed by atoms with van der Waals surface area (Å²) in [6.07, 6.45) is 39.1. The number of ketones is 1. The second kappa shape index (κ2) is 48.0. The van der Waals surface area contributed by atoms with E-state index < -0.39 is 5.60 Å². The second-order valence-corrected chi connectivity index (χ2v) is 27.2. The van der Waals surface area contributed by atoms with Crippen LogP contribution in [0.4, 0.5) is 0 Å². The molecule has 0 heterocycles. The van der Waals surface area contributed by atoms with Crippen LogP contribution >= 0.6 is 0 Å². The molecule has 0 aromatic rings. The Balaban J connectivity index is -0.0000000318. The van der Waals surface area contributed by atoms with Crippen molar-refractivity contribution in [1.29, 1.82) is 0 Å². The molecule has 8 nitrogen and oxygen atoms in total. The smallest absolute Gasteiger partial charge is 0.133 e. The zero-order valence-electron chi connectivity index (χ0n) is 61.3. The van der Waals surface area contributed by atoms with Crippen LogP contribution in [0.1, 0.15) is 247 Å². The zero-order chi connectivity index (χ0) is 76.4. The van der Waals surface area contributed by atoms with Gasteiger partial charge in [0.15, 0.2) is 0 Å². The van der Waals surface area contributed by atoms with Gasteiger partial charge in [-0.2, -0.15) is 0 Å². The number of hydrogen-bond donors (Lipinski definition) is 3. The summed E-state index contributed by atoms with van der Waals surface area (Å²) in [4.78, 5) is 40.2. The van der Waals surface area contributed by atoms with Crippen LogP contribution in [0.25, 0.3) is 0 Å². The van der Waals surface area contributed by atoms with Crippen LogP contribution in [0.3, 0.4) is 0 Å². The third-order valence-corrected chi connectivity index (χ3v) is 21.7. The first-order chi connectivity index (χ1) is 50.4. The molecule has 8 aliphatic rings. The van der Waals surface area contributed by atoms with E-state index in [1.807, 2.05) is 6.92 Å². The maximum atomic E-state index is 12.2. The molecule has 0 bridgehead atoms. The Labute approximate surface area is 674 Å². The number of rotatable bonds is 7. The summed E-state index contributed by atoms with van der Waals surface area (Å²) in [7, 11) is 0. The number of carbonyl (C=O) groups excluding carboxylic acids is 1. The molecule has 8 heteroatoms. The van der Waals surface area contributed by atoms with Gasteiger partial charge in [-0.05, 0) is 389 Å². The monoisotopic (exact) mass is 1440 g/mol. The van der Waals surface area contributed by atoms with Crippen LogP contribution in [-0.2, 0) is 4.79 Å². The number of hydrogen-bond acceptors (Lipinski definition) is 8. The van der Waals surface area contributed by atoms with E-state index in [1.165, 1.54) is 89.9 Å². The van der Waals surface area contributed by atoms with Crippen molar-refractivity contribution in [3.63, 3.8) is 0 Å². The van der Waals surface area contributed by atoms with Gasteiger partial charge in [0.05, 0.1) is 17.8 Å². The van der Waals surface area contributed by atoms with Crippen molar-refractivity contribution >= 4 is 5.78 Å². The number of Topliss-reactive ketones (excluding diaryl/α,β-unsaturated/α-hetero) is 1. The molecular weight excluding hydrogens is 1280 g/mol. The highest BCUT2D eigenvalue weighted by molar-refractivity contribution is 5.79. The Hall–Kier alpha value is -11.9. The third-order valence-electron chi connectivity index (χ3n) is 21.7. The van der Waals surface area contributed by atoms with Gasteiger partial charge in [-0.1, -0.05) is 95.4 Å². The summed E-state index contributed by atoms with van der Waals surface area (Å²) in [5.74, 6) is 115. The third kappa shape index (κ3) is 26.9. The van der Waals surface area contributed by atoms with Crippen molar-refractivity contribution in [1.82, 2.24) is 0 Å². The fraction of sp³-hybridized carbons (Fsp3) is 0.469. The van der Waals surface area contributed by atoms with Crippen LogP contribution in [0.15, 0.2) is 23.3 Å². The molecule has 8 aliphatic carbocycles. The largest absolute Gasteiger partial charge is 0.393 e. The minimum Gasteiger partial charge on any atom is -0.393 e. The lowest BCUT2D eigenvalue weighted by atomic mass is 9.46. The Morgan fingerprint density at radius 1 is 0.433 bits per heavy atom. The van der Waals surface area contributed by atoms with Gasteiger partial charge >= 0.3 is 0 Å². The lowest BCUT2D eigenvalue weighted by Gasteiger charge is -2.59.